The van der Waals surface area contributed by atoms with Crippen LogP contribution in [-0.2, 0) is 9.84 Å². The molecule has 0 aromatic carbocycles. The van der Waals surface area contributed by atoms with E-state index >= 15 is 0 Å². The maximum atomic E-state index is 11.7. The van der Waals surface area contributed by atoms with Crippen molar-refractivity contribution in [2.75, 3.05) is 25.6 Å². The second kappa shape index (κ2) is 5.01. The largest absolute Gasteiger partial charge is 0.444 e. The second-order valence-electron chi connectivity index (χ2n) is 3.46. The summed E-state index contributed by atoms with van der Waals surface area (Å²) >= 11 is 3.09. The van der Waals surface area contributed by atoms with Crippen LogP contribution in [0, 0.1) is 0 Å². The SMILES string of the molecule is CN(CCS(C)(=O)=O)C(=O)c1ccc(Br)o1. The standard InChI is InChI=1S/C9H12BrNO4S/c1-11(5-6-16(2,13)14)9(12)7-3-4-8(10)15-7/h3-4H,5-6H2,1-2H3. The van der Waals surface area contributed by atoms with Gasteiger partial charge in [-0.1, -0.05) is 0 Å². The lowest BCUT2D eigenvalue weighted by Crippen LogP contribution is -2.31. The quantitative estimate of drug-likeness (QED) is 0.837. The van der Waals surface area contributed by atoms with E-state index in [2.05, 4.69) is 15.9 Å². The maximum absolute atomic E-state index is 11.7. The van der Waals surface area contributed by atoms with E-state index in [9.17, 15) is 13.2 Å². The van der Waals surface area contributed by atoms with Crippen molar-refractivity contribution in [2.45, 2.75) is 0 Å². The molecule has 1 aromatic heterocycles. The van der Waals surface area contributed by atoms with Gasteiger partial charge < -0.3 is 9.32 Å². The van der Waals surface area contributed by atoms with Crippen LogP contribution in [0.25, 0.3) is 0 Å². The minimum absolute atomic E-state index is 0.0584. The number of carbonyl (C=O) groups excluding carboxylic acids is 1. The van der Waals surface area contributed by atoms with E-state index in [4.69, 9.17) is 4.42 Å². The van der Waals surface area contributed by atoms with Crippen LogP contribution in [0.4, 0.5) is 0 Å². The molecule has 0 spiro atoms. The minimum atomic E-state index is -3.06. The molecule has 1 aromatic rings. The van der Waals surface area contributed by atoms with Crippen molar-refractivity contribution >= 4 is 31.7 Å². The van der Waals surface area contributed by atoms with Gasteiger partial charge >= 0.3 is 0 Å². The molecule has 1 rings (SSSR count). The molecule has 0 saturated heterocycles. The Kier molecular flexibility index (Phi) is 4.15. The maximum Gasteiger partial charge on any atom is 0.289 e. The smallest absolute Gasteiger partial charge is 0.289 e. The van der Waals surface area contributed by atoms with Crippen LogP contribution in [0.3, 0.4) is 0 Å². The fraction of sp³-hybridized carbons (Fsp3) is 0.444. The van der Waals surface area contributed by atoms with E-state index in [-0.39, 0.29) is 24.0 Å². The third-order valence-corrected chi connectivity index (χ3v) is 3.28. The molecule has 0 aliphatic heterocycles. The first-order valence-electron chi connectivity index (χ1n) is 4.48. The summed E-state index contributed by atoms with van der Waals surface area (Å²) in [6, 6.07) is 3.14. The van der Waals surface area contributed by atoms with E-state index in [0.717, 1.165) is 6.26 Å². The summed E-state index contributed by atoms with van der Waals surface area (Å²) in [5.74, 6) is -0.214. The van der Waals surface area contributed by atoms with Gasteiger partial charge in [0.25, 0.3) is 5.91 Å². The number of nitrogens with zero attached hydrogens (tertiary/aromatic N) is 1. The molecule has 0 saturated carbocycles. The zero-order chi connectivity index (χ0) is 12.3. The van der Waals surface area contributed by atoms with Crippen LogP contribution in [-0.4, -0.2) is 44.8 Å². The first-order valence-corrected chi connectivity index (χ1v) is 7.33. The number of carbonyl (C=O) groups is 1. The molecule has 1 heterocycles. The third kappa shape index (κ3) is 3.97. The van der Waals surface area contributed by atoms with Crippen LogP contribution in [0.1, 0.15) is 10.6 Å². The van der Waals surface area contributed by atoms with Crippen LogP contribution >= 0.6 is 15.9 Å². The Balaban J connectivity index is 2.61. The zero-order valence-corrected chi connectivity index (χ0v) is 11.3. The van der Waals surface area contributed by atoms with Gasteiger partial charge in [0.15, 0.2) is 10.4 Å². The number of furan rings is 1. The van der Waals surface area contributed by atoms with Gasteiger partial charge in [0.2, 0.25) is 0 Å². The molecule has 5 nitrogen and oxygen atoms in total. The lowest BCUT2D eigenvalue weighted by atomic mass is 10.4. The van der Waals surface area contributed by atoms with Crippen molar-refractivity contribution in [2.24, 2.45) is 0 Å². The molecule has 0 fully saturated rings. The Labute approximate surface area is 102 Å². The Morgan fingerprint density at radius 2 is 2.12 bits per heavy atom. The Hall–Kier alpha value is -0.820. The topological polar surface area (TPSA) is 67.6 Å². The highest BCUT2D eigenvalue weighted by molar-refractivity contribution is 9.10. The van der Waals surface area contributed by atoms with Crippen molar-refractivity contribution in [1.82, 2.24) is 4.90 Å². The normalized spacial score (nSPS) is 11.4. The first-order chi connectivity index (χ1) is 7.29. The lowest BCUT2D eigenvalue weighted by Gasteiger charge is -2.14. The molecule has 0 atom stereocenters. The van der Waals surface area contributed by atoms with E-state index in [1.54, 1.807) is 6.07 Å². The molecule has 16 heavy (non-hydrogen) atoms. The van der Waals surface area contributed by atoms with Crippen LogP contribution < -0.4 is 0 Å². The van der Waals surface area contributed by atoms with Crippen molar-refractivity contribution in [3.05, 3.63) is 22.6 Å². The Morgan fingerprint density at radius 3 is 2.56 bits per heavy atom. The zero-order valence-electron chi connectivity index (χ0n) is 8.94. The molecule has 0 aliphatic carbocycles. The Bertz CT molecular complexity index is 479. The van der Waals surface area contributed by atoms with Gasteiger partial charge in [-0.15, -0.1) is 0 Å². The summed E-state index contributed by atoms with van der Waals surface area (Å²) < 4.78 is 27.4. The van der Waals surface area contributed by atoms with E-state index in [1.165, 1.54) is 18.0 Å². The predicted octanol–water partition coefficient (Wildman–Crippen LogP) is 1.16. The fourth-order valence-corrected chi connectivity index (χ4v) is 1.93. The number of amides is 1. The molecule has 0 aliphatic rings. The van der Waals surface area contributed by atoms with Crippen molar-refractivity contribution in [1.29, 1.82) is 0 Å². The number of halogens is 1. The van der Waals surface area contributed by atoms with Crippen LogP contribution in [0.2, 0.25) is 0 Å². The minimum Gasteiger partial charge on any atom is -0.444 e. The average Bonchev–Trinajstić information content (AvgIpc) is 2.59. The fourth-order valence-electron chi connectivity index (χ4n) is 1.02. The molecule has 0 bridgehead atoms. The molecule has 0 radical (unpaired) electrons. The summed E-state index contributed by atoms with van der Waals surface area (Å²) in [6.45, 7) is 0.149. The molecule has 90 valence electrons. The van der Waals surface area contributed by atoms with Crippen LogP contribution in [0.15, 0.2) is 21.2 Å². The van der Waals surface area contributed by atoms with Crippen LogP contribution in [0.5, 0.6) is 0 Å². The van der Waals surface area contributed by atoms with E-state index in [0.29, 0.717) is 4.67 Å². The van der Waals surface area contributed by atoms with Gasteiger partial charge in [-0.25, -0.2) is 8.42 Å². The van der Waals surface area contributed by atoms with E-state index in [1.807, 2.05) is 0 Å². The number of rotatable bonds is 4. The summed E-state index contributed by atoms with van der Waals surface area (Å²) in [4.78, 5) is 13.0. The molecular formula is C9H12BrNO4S. The highest BCUT2D eigenvalue weighted by Crippen LogP contribution is 2.15. The summed E-state index contributed by atoms with van der Waals surface area (Å²) in [5, 5.41) is 0. The molecule has 7 heteroatoms. The van der Waals surface area contributed by atoms with Gasteiger partial charge in [-0.05, 0) is 28.1 Å². The summed E-state index contributed by atoms with van der Waals surface area (Å²) in [5.41, 5.74) is 0. The predicted molar refractivity (Wildman–Crippen MR) is 63.1 cm³/mol. The molecule has 0 N–H and O–H groups in total. The van der Waals surface area contributed by atoms with Gasteiger partial charge in [-0.2, -0.15) is 0 Å². The highest BCUT2D eigenvalue weighted by atomic mass is 79.9. The molecule has 0 unspecified atom stereocenters. The molecular weight excluding hydrogens is 298 g/mol. The summed E-state index contributed by atoms with van der Waals surface area (Å²) in [6.07, 6.45) is 1.13. The average molecular weight is 310 g/mol. The van der Waals surface area contributed by atoms with Gasteiger partial charge in [-0.3, -0.25) is 4.79 Å². The van der Waals surface area contributed by atoms with Crippen molar-refractivity contribution in [3.63, 3.8) is 0 Å². The van der Waals surface area contributed by atoms with Gasteiger partial charge in [0.05, 0.1) is 5.75 Å². The van der Waals surface area contributed by atoms with E-state index < -0.39 is 9.84 Å². The lowest BCUT2D eigenvalue weighted by molar-refractivity contribution is 0.0770. The van der Waals surface area contributed by atoms with Gasteiger partial charge in [0, 0.05) is 19.8 Å². The number of sulfone groups is 1. The number of hydrogen-bond donors (Lipinski definition) is 0. The highest BCUT2D eigenvalue weighted by Gasteiger charge is 2.16. The summed E-state index contributed by atoms with van der Waals surface area (Å²) in [7, 11) is -1.53. The third-order valence-electron chi connectivity index (χ3n) is 1.93. The van der Waals surface area contributed by atoms with Gasteiger partial charge in [0.1, 0.15) is 9.84 Å². The van der Waals surface area contributed by atoms with Crippen molar-refractivity contribution < 1.29 is 17.6 Å². The van der Waals surface area contributed by atoms with Crippen molar-refractivity contribution in [3.8, 4) is 0 Å². The number of hydrogen-bond acceptors (Lipinski definition) is 4. The monoisotopic (exact) mass is 309 g/mol. The second-order valence-corrected chi connectivity index (χ2v) is 6.50. The molecule has 1 amide bonds. The Morgan fingerprint density at radius 1 is 1.50 bits per heavy atom. The first kappa shape index (κ1) is 13.2.